The smallest absolute Gasteiger partial charge is 0.335 e. The number of hydrogen-bond acceptors (Lipinski definition) is 4. The van der Waals surface area contributed by atoms with Gasteiger partial charge in [0.1, 0.15) is 11.3 Å². The zero-order chi connectivity index (χ0) is 25.4. The Bertz CT molecular complexity index is 1570. The number of hydrogen-bond donors (Lipinski definition) is 1. The lowest BCUT2D eigenvalue weighted by molar-refractivity contribution is -0.122. The van der Waals surface area contributed by atoms with Crippen LogP contribution in [0, 0.1) is 6.92 Å². The molecule has 2 heterocycles. The predicted molar refractivity (Wildman–Crippen MR) is 139 cm³/mol. The maximum Gasteiger partial charge on any atom is 0.335 e. The van der Waals surface area contributed by atoms with Crippen molar-refractivity contribution < 1.29 is 19.1 Å². The number of aryl methyl sites for hydroxylation is 1. The zero-order valence-electron chi connectivity index (χ0n) is 19.6. The highest BCUT2D eigenvalue weighted by Gasteiger charge is 2.37. The van der Waals surface area contributed by atoms with Crippen LogP contribution in [0.5, 0.6) is 5.75 Å². The number of urea groups is 1. The summed E-state index contributed by atoms with van der Waals surface area (Å²) in [6.45, 7) is 2.67. The van der Waals surface area contributed by atoms with Crippen LogP contribution >= 0.6 is 11.6 Å². The standard InChI is InChI=1S/C28H22ClN3O4/c1-17-6-5-7-18(12-17)15-31-16-19(21-8-3-4-9-24(21)31)13-22-26(33)30-28(35)32(27(22)34)20-10-11-25(36-2)23(29)14-20/h3-14,16H,15H2,1-2H3,(H,30,33,35). The third-order valence-electron chi connectivity index (χ3n) is 6.05. The van der Waals surface area contributed by atoms with Gasteiger partial charge >= 0.3 is 6.03 Å². The molecule has 1 N–H and O–H groups in total. The molecule has 0 saturated carbocycles. The van der Waals surface area contributed by atoms with Gasteiger partial charge in [0.15, 0.2) is 0 Å². The molecule has 0 unspecified atom stereocenters. The fourth-order valence-electron chi connectivity index (χ4n) is 4.37. The molecule has 7 nitrogen and oxygen atoms in total. The minimum atomic E-state index is -0.842. The molecule has 0 bridgehead atoms. The molecule has 1 saturated heterocycles. The Kier molecular flexibility index (Phi) is 6.08. The van der Waals surface area contributed by atoms with Gasteiger partial charge in [-0.2, -0.15) is 0 Å². The van der Waals surface area contributed by atoms with Crippen molar-refractivity contribution in [2.75, 3.05) is 12.0 Å². The molecular weight excluding hydrogens is 478 g/mol. The average Bonchev–Trinajstić information content (AvgIpc) is 3.19. The molecular formula is C28H22ClN3O4. The minimum absolute atomic E-state index is 0.153. The van der Waals surface area contributed by atoms with Crippen molar-refractivity contribution in [2.45, 2.75) is 13.5 Å². The Hall–Kier alpha value is -4.36. The predicted octanol–water partition coefficient (Wildman–Crippen LogP) is 5.33. The van der Waals surface area contributed by atoms with Crippen LogP contribution in [0.25, 0.3) is 17.0 Å². The monoisotopic (exact) mass is 499 g/mol. The fraction of sp³-hybridized carbons (Fsp3) is 0.107. The van der Waals surface area contributed by atoms with E-state index >= 15 is 0 Å². The number of ether oxygens (including phenoxy) is 1. The van der Waals surface area contributed by atoms with Gasteiger partial charge in [0.05, 0.1) is 17.8 Å². The highest BCUT2D eigenvalue weighted by atomic mass is 35.5. The molecule has 0 atom stereocenters. The van der Waals surface area contributed by atoms with Gasteiger partial charge < -0.3 is 9.30 Å². The van der Waals surface area contributed by atoms with Crippen molar-refractivity contribution in [3.8, 4) is 5.75 Å². The normalized spacial score (nSPS) is 15.0. The van der Waals surface area contributed by atoms with E-state index in [-0.39, 0.29) is 16.3 Å². The highest BCUT2D eigenvalue weighted by Crippen LogP contribution is 2.32. The second kappa shape index (κ2) is 9.36. The van der Waals surface area contributed by atoms with Crippen LogP contribution in [0.1, 0.15) is 16.7 Å². The Morgan fingerprint density at radius 3 is 2.56 bits per heavy atom. The molecule has 1 fully saturated rings. The summed E-state index contributed by atoms with van der Waals surface area (Å²) in [5.74, 6) is -1.09. The molecule has 1 aliphatic heterocycles. The Morgan fingerprint density at radius 1 is 1.00 bits per heavy atom. The number of aromatic nitrogens is 1. The number of para-hydroxylation sites is 1. The molecule has 4 amide bonds. The number of carbonyl (C=O) groups is 3. The summed E-state index contributed by atoms with van der Waals surface area (Å²) in [5, 5.41) is 3.37. The van der Waals surface area contributed by atoms with Gasteiger partial charge in [-0.05, 0) is 42.8 Å². The summed E-state index contributed by atoms with van der Waals surface area (Å²) in [6, 6.07) is 19.7. The molecule has 36 heavy (non-hydrogen) atoms. The van der Waals surface area contributed by atoms with Crippen LogP contribution in [0.2, 0.25) is 5.02 Å². The van der Waals surface area contributed by atoms with E-state index in [2.05, 4.69) is 22.0 Å². The maximum atomic E-state index is 13.4. The van der Waals surface area contributed by atoms with Crippen LogP contribution in [-0.4, -0.2) is 29.5 Å². The second-order valence-electron chi connectivity index (χ2n) is 8.50. The fourth-order valence-corrected chi connectivity index (χ4v) is 4.62. The number of fused-ring (bicyclic) bond motifs is 1. The van der Waals surface area contributed by atoms with Gasteiger partial charge in [0.25, 0.3) is 11.8 Å². The number of barbiturate groups is 1. The molecule has 3 aromatic carbocycles. The van der Waals surface area contributed by atoms with E-state index in [1.165, 1.54) is 30.9 Å². The minimum Gasteiger partial charge on any atom is -0.495 e. The van der Waals surface area contributed by atoms with Crippen molar-refractivity contribution in [1.29, 1.82) is 0 Å². The Balaban J connectivity index is 1.56. The number of imide groups is 2. The first-order chi connectivity index (χ1) is 17.4. The largest absolute Gasteiger partial charge is 0.495 e. The number of rotatable bonds is 5. The third kappa shape index (κ3) is 4.25. The summed E-state index contributed by atoms with van der Waals surface area (Å²) in [4.78, 5) is 39.6. The van der Waals surface area contributed by atoms with Crippen molar-refractivity contribution in [1.82, 2.24) is 9.88 Å². The SMILES string of the molecule is COc1ccc(N2C(=O)NC(=O)C(=Cc3cn(Cc4cccc(C)c4)c4ccccc34)C2=O)cc1Cl. The first kappa shape index (κ1) is 23.4. The van der Waals surface area contributed by atoms with Crippen molar-refractivity contribution in [2.24, 2.45) is 0 Å². The van der Waals surface area contributed by atoms with Crippen LogP contribution < -0.4 is 15.0 Å². The summed E-state index contributed by atoms with van der Waals surface area (Å²) in [6.07, 6.45) is 3.43. The van der Waals surface area contributed by atoms with E-state index < -0.39 is 17.8 Å². The number of benzene rings is 3. The molecule has 0 aliphatic carbocycles. The lowest BCUT2D eigenvalue weighted by Crippen LogP contribution is -2.54. The van der Waals surface area contributed by atoms with Crippen molar-refractivity contribution in [3.05, 3.63) is 100 Å². The van der Waals surface area contributed by atoms with Crippen molar-refractivity contribution in [3.63, 3.8) is 0 Å². The third-order valence-corrected chi connectivity index (χ3v) is 6.35. The number of nitrogens with zero attached hydrogens (tertiary/aromatic N) is 2. The van der Waals surface area contributed by atoms with E-state index in [0.717, 1.165) is 21.4 Å². The molecule has 0 spiro atoms. The van der Waals surface area contributed by atoms with Gasteiger partial charge in [-0.25, -0.2) is 9.69 Å². The lowest BCUT2D eigenvalue weighted by atomic mass is 10.1. The molecule has 5 rings (SSSR count). The summed E-state index contributed by atoms with van der Waals surface area (Å²) >= 11 is 6.20. The van der Waals surface area contributed by atoms with Gasteiger partial charge in [-0.1, -0.05) is 59.6 Å². The topological polar surface area (TPSA) is 80.6 Å². The lowest BCUT2D eigenvalue weighted by Gasteiger charge is -2.26. The van der Waals surface area contributed by atoms with Crippen LogP contribution in [0.15, 0.2) is 78.5 Å². The number of anilines is 1. The van der Waals surface area contributed by atoms with E-state index in [4.69, 9.17) is 16.3 Å². The molecule has 8 heteroatoms. The number of halogens is 1. The molecule has 1 aromatic heterocycles. The van der Waals surface area contributed by atoms with E-state index in [1.807, 2.05) is 49.5 Å². The summed E-state index contributed by atoms with van der Waals surface area (Å²) in [7, 11) is 1.47. The second-order valence-corrected chi connectivity index (χ2v) is 8.90. The average molecular weight is 500 g/mol. The Labute approximate surface area is 212 Å². The summed E-state index contributed by atoms with van der Waals surface area (Å²) < 4.78 is 7.22. The Morgan fingerprint density at radius 2 is 1.81 bits per heavy atom. The van der Waals surface area contributed by atoms with Crippen LogP contribution in [0.4, 0.5) is 10.5 Å². The quantitative estimate of drug-likeness (QED) is 0.297. The maximum absolute atomic E-state index is 13.4. The first-order valence-corrected chi connectivity index (χ1v) is 11.6. The number of carbonyl (C=O) groups excluding carboxylic acids is 3. The molecule has 0 radical (unpaired) electrons. The van der Waals surface area contributed by atoms with Gasteiger partial charge in [0, 0.05) is 29.2 Å². The summed E-state index contributed by atoms with van der Waals surface area (Å²) in [5.41, 5.74) is 4.03. The molecule has 1 aliphatic rings. The van der Waals surface area contributed by atoms with E-state index in [9.17, 15) is 14.4 Å². The number of amides is 4. The van der Waals surface area contributed by atoms with Crippen LogP contribution in [-0.2, 0) is 16.1 Å². The van der Waals surface area contributed by atoms with Gasteiger partial charge in [-0.15, -0.1) is 0 Å². The van der Waals surface area contributed by atoms with E-state index in [1.54, 1.807) is 6.07 Å². The number of methoxy groups -OCH3 is 1. The molecule has 180 valence electrons. The van der Waals surface area contributed by atoms with Crippen LogP contribution in [0.3, 0.4) is 0 Å². The van der Waals surface area contributed by atoms with Gasteiger partial charge in [0.2, 0.25) is 0 Å². The first-order valence-electron chi connectivity index (χ1n) is 11.2. The molecule has 4 aromatic rings. The zero-order valence-corrected chi connectivity index (χ0v) is 20.4. The number of nitrogens with one attached hydrogen (secondary N) is 1. The van der Waals surface area contributed by atoms with Gasteiger partial charge in [-0.3, -0.25) is 14.9 Å². The van der Waals surface area contributed by atoms with Crippen molar-refractivity contribution >= 4 is 52.1 Å². The highest BCUT2D eigenvalue weighted by molar-refractivity contribution is 6.40. The van der Waals surface area contributed by atoms with E-state index in [0.29, 0.717) is 17.9 Å².